The first kappa shape index (κ1) is 16.3. The van der Waals surface area contributed by atoms with Crippen molar-refractivity contribution in [2.75, 3.05) is 31.1 Å². The fourth-order valence-corrected chi connectivity index (χ4v) is 2.85. The molecule has 0 aromatic heterocycles. The van der Waals surface area contributed by atoms with Crippen LogP contribution < -0.4 is 15.5 Å². The van der Waals surface area contributed by atoms with Crippen molar-refractivity contribution in [3.8, 4) is 0 Å². The fraction of sp³-hybridized carbons (Fsp3) is 0.529. The van der Waals surface area contributed by atoms with Crippen LogP contribution in [0.15, 0.2) is 18.2 Å². The fourth-order valence-electron chi connectivity index (χ4n) is 2.85. The summed E-state index contributed by atoms with van der Waals surface area (Å²) < 4.78 is 0. The minimum Gasteiger partial charge on any atom is -0.372 e. The van der Waals surface area contributed by atoms with E-state index in [1.54, 1.807) is 6.92 Å². The average Bonchev–Trinajstić information content (AvgIpc) is 2.54. The highest BCUT2D eigenvalue weighted by Gasteiger charge is 2.16. The van der Waals surface area contributed by atoms with Crippen molar-refractivity contribution < 1.29 is 9.59 Å². The number of nitrogens with one attached hydrogen (secondary N) is 2. The monoisotopic (exact) mass is 303 g/mol. The van der Waals surface area contributed by atoms with Gasteiger partial charge in [-0.1, -0.05) is 12.1 Å². The van der Waals surface area contributed by atoms with Crippen molar-refractivity contribution in [1.82, 2.24) is 10.6 Å². The van der Waals surface area contributed by atoms with Crippen molar-refractivity contribution in [2.45, 2.75) is 33.1 Å². The number of rotatable bonds is 5. The van der Waals surface area contributed by atoms with Crippen molar-refractivity contribution in [1.29, 1.82) is 0 Å². The molecule has 0 saturated carbocycles. The zero-order valence-corrected chi connectivity index (χ0v) is 13.4. The molecule has 0 saturated heterocycles. The summed E-state index contributed by atoms with van der Waals surface area (Å²) in [5.74, 6) is -1.12. The quantitative estimate of drug-likeness (QED) is 0.805. The van der Waals surface area contributed by atoms with E-state index in [4.69, 9.17) is 0 Å². The number of likely N-dealkylation sites (N-methyl/N-ethyl adjacent to an activating group) is 1. The lowest BCUT2D eigenvalue weighted by molar-refractivity contribution is -0.139. The van der Waals surface area contributed by atoms with Gasteiger partial charge in [0, 0.05) is 31.9 Å². The molecule has 5 heteroatoms. The number of hydrogen-bond acceptors (Lipinski definition) is 3. The Morgan fingerprint density at radius 1 is 1.18 bits per heavy atom. The predicted molar refractivity (Wildman–Crippen MR) is 88.0 cm³/mol. The molecule has 120 valence electrons. The smallest absolute Gasteiger partial charge is 0.309 e. The predicted octanol–water partition coefficient (Wildman–Crippen LogP) is 1.25. The molecule has 1 aliphatic rings. The first-order valence-corrected chi connectivity index (χ1v) is 8.08. The second-order valence-electron chi connectivity index (χ2n) is 5.51. The van der Waals surface area contributed by atoms with Crippen LogP contribution in [-0.4, -0.2) is 38.0 Å². The van der Waals surface area contributed by atoms with Crippen molar-refractivity contribution in [3.05, 3.63) is 29.3 Å². The van der Waals surface area contributed by atoms with E-state index < -0.39 is 11.8 Å². The minimum atomic E-state index is -0.563. The summed E-state index contributed by atoms with van der Waals surface area (Å²) in [6.07, 6.45) is 3.05. The van der Waals surface area contributed by atoms with Gasteiger partial charge in [0.2, 0.25) is 0 Å². The summed E-state index contributed by atoms with van der Waals surface area (Å²) in [5, 5.41) is 5.14. The first-order chi connectivity index (χ1) is 10.7. The summed E-state index contributed by atoms with van der Waals surface area (Å²) >= 11 is 0. The van der Waals surface area contributed by atoms with Crippen LogP contribution in [0.2, 0.25) is 0 Å². The molecule has 2 rings (SSSR count). The standard InChI is InChI=1S/C17H25N3O2/c1-3-18-16(21)17(22)19-10-9-13-7-8-15-14(12-13)6-5-11-20(15)4-2/h7-8,12H,3-6,9-11H2,1-2H3,(H,18,21)(H,19,22). The van der Waals surface area contributed by atoms with Crippen LogP contribution in [0.4, 0.5) is 5.69 Å². The Morgan fingerprint density at radius 2 is 1.95 bits per heavy atom. The number of nitrogens with zero attached hydrogens (tertiary/aromatic N) is 1. The average molecular weight is 303 g/mol. The Hall–Kier alpha value is -2.04. The van der Waals surface area contributed by atoms with Crippen LogP contribution >= 0.6 is 0 Å². The van der Waals surface area contributed by atoms with Crippen molar-refractivity contribution in [2.24, 2.45) is 0 Å². The molecule has 2 N–H and O–H groups in total. The van der Waals surface area contributed by atoms with E-state index >= 15 is 0 Å². The largest absolute Gasteiger partial charge is 0.372 e. The number of fused-ring (bicyclic) bond motifs is 1. The Bertz CT molecular complexity index is 543. The SMILES string of the molecule is CCNC(=O)C(=O)NCCc1ccc2c(c1)CCCN2CC. The minimum absolute atomic E-state index is 0.463. The molecule has 1 aliphatic heterocycles. The first-order valence-electron chi connectivity index (χ1n) is 8.08. The van der Waals surface area contributed by atoms with E-state index in [0.717, 1.165) is 25.9 Å². The molecule has 0 radical (unpaired) electrons. The molecular weight excluding hydrogens is 278 g/mol. The highest BCUT2D eigenvalue weighted by Crippen LogP contribution is 2.27. The van der Waals surface area contributed by atoms with E-state index in [2.05, 4.69) is 40.7 Å². The van der Waals surface area contributed by atoms with Gasteiger partial charge in [-0.3, -0.25) is 9.59 Å². The van der Waals surface area contributed by atoms with Gasteiger partial charge in [0.1, 0.15) is 0 Å². The van der Waals surface area contributed by atoms with Crippen LogP contribution in [0.5, 0.6) is 0 Å². The summed E-state index contributed by atoms with van der Waals surface area (Å²) in [6, 6.07) is 6.53. The van der Waals surface area contributed by atoms with Gasteiger partial charge in [0.25, 0.3) is 0 Å². The second kappa shape index (κ2) is 7.82. The normalized spacial score (nSPS) is 13.5. The number of anilines is 1. The van der Waals surface area contributed by atoms with Gasteiger partial charge in [-0.2, -0.15) is 0 Å². The van der Waals surface area contributed by atoms with Crippen LogP contribution in [0.1, 0.15) is 31.4 Å². The van der Waals surface area contributed by atoms with Gasteiger partial charge >= 0.3 is 11.8 Å². The third-order valence-corrected chi connectivity index (χ3v) is 3.98. The van der Waals surface area contributed by atoms with Crippen LogP contribution in [0.3, 0.4) is 0 Å². The maximum absolute atomic E-state index is 11.5. The summed E-state index contributed by atoms with van der Waals surface area (Å²) in [4.78, 5) is 25.2. The maximum atomic E-state index is 11.5. The van der Waals surface area contributed by atoms with Crippen molar-refractivity contribution >= 4 is 17.5 Å². The highest BCUT2D eigenvalue weighted by molar-refractivity contribution is 6.35. The number of amides is 2. The Balaban J connectivity index is 1.89. The molecule has 1 aromatic rings. The lowest BCUT2D eigenvalue weighted by Crippen LogP contribution is -2.40. The molecule has 0 atom stereocenters. The van der Waals surface area contributed by atoms with Gasteiger partial charge < -0.3 is 15.5 Å². The number of carbonyl (C=O) groups excluding carboxylic acids is 2. The molecule has 0 spiro atoms. The Kier molecular flexibility index (Phi) is 5.81. The van der Waals surface area contributed by atoms with Gasteiger partial charge in [-0.15, -0.1) is 0 Å². The van der Waals surface area contributed by atoms with E-state index in [1.807, 2.05) is 0 Å². The second-order valence-corrected chi connectivity index (χ2v) is 5.51. The van der Waals surface area contributed by atoms with E-state index in [0.29, 0.717) is 13.1 Å². The lowest BCUT2D eigenvalue weighted by atomic mass is 9.98. The van der Waals surface area contributed by atoms with E-state index in [1.165, 1.54) is 23.2 Å². The van der Waals surface area contributed by atoms with Crippen LogP contribution in [0.25, 0.3) is 0 Å². The zero-order valence-electron chi connectivity index (χ0n) is 13.4. The van der Waals surface area contributed by atoms with Gasteiger partial charge in [0.05, 0.1) is 0 Å². The number of carbonyl (C=O) groups is 2. The molecule has 1 heterocycles. The Labute approximate surface area is 132 Å². The molecule has 1 aromatic carbocycles. The Morgan fingerprint density at radius 3 is 2.68 bits per heavy atom. The topological polar surface area (TPSA) is 61.4 Å². The van der Waals surface area contributed by atoms with Crippen molar-refractivity contribution in [3.63, 3.8) is 0 Å². The molecule has 0 aliphatic carbocycles. The lowest BCUT2D eigenvalue weighted by Gasteiger charge is -2.30. The van der Waals surface area contributed by atoms with E-state index in [-0.39, 0.29) is 0 Å². The maximum Gasteiger partial charge on any atom is 0.309 e. The molecule has 0 fully saturated rings. The molecule has 2 amide bonds. The summed E-state index contributed by atoms with van der Waals surface area (Å²) in [5.41, 5.74) is 3.93. The number of benzene rings is 1. The molecule has 22 heavy (non-hydrogen) atoms. The number of aryl methyl sites for hydroxylation is 1. The molecular formula is C17H25N3O2. The molecule has 5 nitrogen and oxygen atoms in total. The number of hydrogen-bond donors (Lipinski definition) is 2. The molecule has 0 bridgehead atoms. The van der Waals surface area contributed by atoms with Gasteiger partial charge in [-0.05, 0) is 50.3 Å². The van der Waals surface area contributed by atoms with E-state index in [9.17, 15) is 9.59 Å². The summed E-state index contributed by atoms with van der Waals surface area (Å²) in [6.45, 7) is 7.08. The molecule has 0 unspecified atom stereocenters. The zero-order chi connectivity index (χ0) is 15.9. The summed E-state index contributed by atoms with van der Waals surface area (Å²) in [7, 11) is 0. The van der Waals surface area contributed by atoms with Crippen LogP contribution in [0, 0.1) is 0 Å². The third-order valence-electron chi connectivity index (χ3n) is 3.98. The highest BCUT2D eigenvalue weighted by atomic mass is 16.2. The van der Waals surface area contributed by atoms with Crippen LogP contribution in [-0.2, 0) is 22.4 Å². The third kappa shape index (κ3) is 4.00. The van der Waals surface area contributed by atoms with Gasteiger partial charge in [0.15, 0.2) is 0 Å². The van der Waals surface area contributed by atoms with Gasteiger partial charge in [-0.25, -0.2) is 0 Å².